The second-order valence-corrected chi connectivity index (χ2v) is 8.59. The molecule has 0 saturated carbocycles. The Kier molecular flexibility index (Phi) is 7.19. The number of rotatable bonds is 7. The van der Waals surface area contributed by atoms with Crippen LogP contribution in [0.3, 0.4) is 0 Å². The van der Waals surface area contributed by atoms with Gasteiger partial charge < -0.3 is 14.8 Å². The number of amides is 1. The van der Waals surface area contributed by atoms with Gasteiger partial charge in [-0.1, -0.05) is 30.3 Å². The second-order valence-electron chi connectivity index (χ2n) is 6.68. The van der Waals surface area contributed by atoms with Crippen LogP contribution in [0.1, 0.15) is 11.1 Å². The number of morpholine rings is 1. The first-order valence-corrected chi connectivity index (χ1v) is 10.8. The summed E-state index contributed by atoms with van der Waals surface area (Å²) in [4.78, 5) is 12.2. The van der Waals surface area contributed by atoms with Gasteiger partial charge >= 0.3 is 6.18 Å². The van der Waals surface area contributed by atoms with Crippen molar-refractivity contribution in [2.75, 3.05) is 32.9 Å². The van der Waals surface area contributed by atoms with Gasteiger partial charge in [0.25, 0.3) is 5.91 Å². The molecule has 0 spiro atoms. The number of carbonyl (C=O) groups is 1. The van der Waals surface area contributed by atoms with E-state index in [-0.39, 0.29) is 24.5 Å². The Morgan fingerprint density at radius 1 is 1.06 bits per heavy atom. The molecule has 0 radical (unpaired) electrons. The van der Waals surface area contributed by atoms with E-state index in [2.05, 4.69) is 5.32 Å². The van der Waals surface area contributed by atoms with Gasteiger partial charge in [0.2, 0.25) is 10.0 Å². The lowest BCUT2D eigenvalue weighted by Gasteiger charge is -2.27. The largest absolute Gasteiger partial charge is 0.483 e. The summed E-state index contributed by atoms with van der Waals surface area (Å²) in [7, 11) is -3.77. The minimum absolute atomic E-state index is 0.0561. The first kappa shape index (κ1) is 23.0. The van der Waals surface area contributed by atoms with Crippen LogP contribution in [-0.4, -0.2) is 51.5 Å². The second kappa shape index (κ2) is 9.67. The van der Waals surface area contributed by atoms with Crippen LogP contribution < -0.4 is 10.1 Å². The molecule has 1 heterocycles. The first-order chi connectivity index (χ1) is 14.7. The zero-order chi connectivity index (χ0) is 22.5. The summed E-state index contributed by atoms with van der Waals surface area (Å²) in [5, 5.41) is 2.49. The van der Waals surface area contributed by atoms with Crippen molar-refractivity contribution in [2.45, 2.75) is 17.6 Å². The Bertz CT molecular complexity index is 1020. The first-order valence-electron chi connectivity index (χ1n) is 9.41. The SMILES string of the molecule is O=C(COc1ccccc1C(F)(F)F)NCc1ccccc1S(=O)(=O)N1CCOCC1. The van der Waals surface area contributed by atoms with Crippen LogP contribution in [0.15, 0.2) is 53.4 Å². The van der Waals surface area contributed by atoms with Crippen LogP contribution in [0.4, 0.5) is 13.2 Å². The van der Waals surface area contributed by atoms with Crippen LogP contribution in [0.2, 0.25) is 0 Å². The number of alkyl halides is 3. The molecule has 1 aliphatic rings. The molecule has 0 bridgehead atoms. The Morgan fingerprint density at radius 3 is 2.42 bits per heavy atom. The molecule has 3 rings (SSSR count). The Morgan fingerprint density at radius 2 is 1.71 bits per heavy atom. The maximum Gasteiger partial charge on any atom is 0.419 e. The maximum atomic E-state index is 13.0. The fourth-order valence-corrected chi connectivity index (χ4v) is 4.67. The highest BCUT2D eigenvalue weighted by molar-refractivity contribution is 7.89. The number of ether oxygens (including phenoxy) is 2. The van der Waals surface area contributed by atoms with Gasteiger partial charge in [-0.15, -0.1) is 0 Å². The minimum Gasteiger partial charge on any atom is -0.483 e. The number of benzene rings is 2. The van der Waals surface area contributed by atoms with Crippen LogP contribution >= 0.6 is 0 Å². The van der Waals surface area contributed by atoms with Gasteiger partial charge in [-0.2, -0.15) is 17.5 Å². The topological polar surface area (TPSA) is 84.9 Å². The molecule has 168 valence electrons. The quantitative estimate of drug-likeness (QED) is 0.689. The fraction of sp³-hybridized carbons (Fsp3) is 0.350. The molecule has 0 atom stereocenters. The van der Waals surface area contributed by atoms with E-state index in [4.69, 9.17) is 9.47 Å². The molecular weight excluding hydrogens is 437 g/mol. The van der Waals surface area contributed by atoms with Crippen molar-refractivity contribution in [3.05, 3.63) is 59.7 Å². The van der Waals surface area contributed by atoms with E-state index in [0.29, 0.717) is 18.8 Å². The van der Waals surface area contributed by atoms with Crippen LogP contribution in [0, 0.1) is 0 Å². The van der Waals surface area contributed by atoms with Gasteiger partial charge in [-0.05, 0) is 23.8 Å². The number of hydrogen-bond donors (Lipinski definition) is 1. The summed E-state index contributed by atoms with van der Waals surface area (Å²) in [5.41, 5.74) is -0.622. The lowest BCUT2D eigenvalue weighted by Crippen LogP contribution is -2.41. The number of hydrogen-bond acceptors (Lipinski definition) is 5. The zero-order valence-corrected chi connectivity index (χ0v) is 17.2. The number of sulfonamides is 1. The van der Waals surface area contributed by atoms with E-state index >= 15 is 0 Å². The highest BCUT2D eigenvalue weighted by Gasteiger charge is 2.34. The normalized spacial score (nSPS) is 15.5. The number of halogens is 3. The van der Waals surface area contributed by atoms with E-state index in [1.807, 2.05) is 0 Å². The molecular formula is C20H21F3N2O5S. The highest BCUT2D eigenvalue weighted by Crippen LogP contribution is 2.35. The molecule has 2 aromatic carbocycles. The molecule has 0 aliphatic carbocycles. The molecule has 0 aromatic heterocycles. The van der Waals surface area contributed by atoms with E-state index in [0.717, 1.165) is 12.1 Å². The summed E-state index contributed by atoms with van der Waals surface area (Å²) in [6.07, 6.45) is -4.61. The number of nitrogens with zero attached hydrogens (tertiary/aromatic N) is 1. The van der Waals surface area contributed by atoms with Crippen molar-refractivity contribution in [2.24, 2.45) is 0 Å². The summed E-state index contributed by atoms with van der Waals surface area (Å²) >= 11 is 0. The predicted molar refractivity (Wildman–Crippen MR) is 105 cm³/mol. The fourth-order valence-electron chi connectivity index (χ4n) is 3.04. The molecule has 1 N–H and O–H groups in total. The van der Waals surface area contributed by atoms with E-state index in [9.17, 15) is 26.4 Å². The lowest BCUT2D eigenvalue weighted by atomic mass is 10.2. The van der Waals surface area contributed by atoms with Crippen molar-refractivity contribution >= 4 is 15.9 Å². The van der Waals surface area contributed by atoms with Gasteiger partial charge in [0.1, 0.15) is 5.75 Å². The van der Waals surface area contributed by atoms with Crippen molar-refractivity contribution in [1.82, 2.24) is 9.62 Å². The number of carbonyl (C=O) groups excluding carboxylic acids is 1. The third-order valence-electron chi connectivity index (χ3n) is 4.59. The molecule has 1 aliphatic heterocycles. The van der Waals surface area contributed by atoms with Gasteiger partial charge in [0, 0.05) is 19.6 Å². The van der Waals surface area contributed by atoms with Gasteiger partial charge in [-0.3, -0.25) is 4.79 Å². The summed E-state index contributed by atoms with van der Waals surface area (Å²) in [6.45, 7) is 0.295. The van der Waals surface area contributed by atoms with E-state index < -0.39 is 40.0 Å². The van der Waals surface area contributed by atoms with Crippen LogP contribution in [0.5, 0.6) is 5.75 Å². The number of para-hydroxylation sites is 1. The molecule has 11 heteroatoms. The smallest absolute Gasteiger partial charge is 0.419 e. The predicted octanol–water partition coefficient (Wildman–Crippen LogP) is 2.42. The maximum absolute atomic E-state index is 13.0. The number of nitrogens with one attached hydrogen (secondary N) is 1. The third kappa shape index (κ3) is 5.75. The minimum atomic E-state index is -4.61. The van der Waals surface area contributed by atoms with Crippen LogP contribution in [-0.2, 0) is 32.3 Å². The summed E-state index contributed by atoms with van der Waals surface area (Å²) in [5.74, 6) is -1.14. The Balaban J connectivity index is 1.64. The zero-order valence-electron chi connectivity index (χ0n) is 16.4. The summed E-state index contributed by atoms with van der Waals surface area (Å²) in [6, 6.07) is 10.8. The molecule has 7 nitrogen and oxygen atoms in total. The van der Waals surface area contributed by atoms with Gasteiger partial charge in [-0.25, -0.2) is 8.42 Å². The van der Waals surface area contributed by atoms with Crippen molar-refractivity contribution in [3.8, 4) is 5.75 Å². The molecule has 1 fully saturated rings. The summed E-state index contributed by atoms with van der Waals surface area (Å²) < 4.78 is 76.4. The monoisotopic (exact) mass is 458 g/mol. The van der Waals surface area contributed by atoms with Gasteiger partial charge in [0.15, 0.2) is 6.61 Å². The average molecular weight is 458 g/mol. The van der Waals surface area contributed by atoms with E-state index in [1.54, 1.807) is 18.2 Å². The van der Waals surface area contributed by atoms with E-state index in [1.165, 1.54) is 22.5 Å². The third-order valence-corrected chi connectivity index (χ3v) is 6.59. The molecule has 2 aromatic rings. The highest BCUT2D eigenvalue weighted by atomic mass is 32.2. The molecule has 1 saturated heterocycles. The Hall–Kier alpha value is -2.63. The molecule has 0 unspecified atom stereocenters. The lowest BCUT2D eigenvalue weighted by molar-refractivity contribution is -0.139. The van der Waals surface area contributed by atoms with Crippen LogP contribution in [0.25, 0.3) is 0 Å². The average Bonchev–Trinajstić information content (AvgIpc) is 2.76. The van der Waals surface area contributed by atoms with Crippen molar-refractivity contribution in [1.29, 1.82) is 0 Å². The molecule has 31 heavy (non-hydrogen) atoms. The van der Waals surface area contributed by atoms with Crippen molar-refractivity contribution in [3.63, 3.8) is 0 Å². The molecule has 1 amide bonds. The van der Waals surface area contributed by atoms with Crippen molar-refractivity contribution < 1.29 is 35.9 Å². The Labute approximate surface area is 177 Å². The van der Waals surface area contributed by atoms with Gasteiger partial charge in [0.05, 0.1) is 23.7 Å². The standard InChI is InChI=1S/C20H21F3N2O5S/c21-20(22,23)16-6-2-3-7-17(16)30-14-19(26)24-13-15-5-1-4-8-18(15)31(27,28)25-9-11-29-12-10-25/h1-8H,9-14H2,(H,24,26).